The second kappa shape index (κ2) is 3.40. The largest absolute Gasteiger partial charge is 0.107 e. The lowest BCUT2D eigenvalue weighted by Gasteiger charge is -2.08. The van der Waals surface area contributed by atoms with Crippen molar-refractivity contribution in [3.05, 3.63) is 32.4 Å². The van der Waals surface area contributed by atoms with Gasteiger partial charge in [-0.25, -0.2) is 0 Å². The van der Waals surface area contributed by atoms with Crippen LogP contribution in [-0.4, -0.2) is 7.85 Å². The summed E-state index contributed by atoms with van der Waals surface area (Å²) in [7, 11) is 2.26. The average Bonchev–Trinajstić information content (AvgIpc) is 2.52. The number of halogens is 1. The van der Waals surface area contributed by atoms with Crippen LogP contribution in [0.1, 0.15) is 23.1 Å². The van der Waals surface area contributed by atoms with Gasteiger partial charge in [-0.15, -0.1) is 0 Å². The number of fused-ring (bicyclic) bond motifs is 1. The summed E-state index contributed by atoms with van der Waals surface area (Å²) in [6, 6.07) is 4.58. The standard InChI is InChI=1S/C10H12BI/c11-6-9-8-3-1-2-7(8)4-5-10(9)12/h4-5H,1-3,6,11H2. The molecule has 0 aromatic heterocycles. The summed E-state index contributed by atoms with van der Waals surface area (Å²) in [6.45, 7) is 0. The molecular weight excluding hydrogens is 258 g/mol. The summed E-state index contributed by atoms with van der Waals surface area (Å²) in [4.78, 5) is 0. The zero-order valence-electron chi connectivity index (χ0n) is 7.36. The van der Waals surface area contributed by atoms with Crippen molar-refractivity contribution in [3.8, 4) is 0 Å². The van der Waals surface area contributed by atoms with Crippen LogP contribution >= 0.6 is 22.6 Å². The van der Waals surface area contributed by atoms with Crippen LogP contribution in [0.15, 0.2) is 12.1 Å². The molecule has 0 fully saturated rings. The van der Waals surface area contributed by atoms with Gasteiger partial charge in [0.15, 0.2) is 0 Å². The van der Waals surface area contributed by atoms with Crippen LogP contribution in [0, 0.1) is 3.57 Å². The molecule has 2 rings (SSSR count). The maximum Gasteiger partial charge on any atom is 0.107 e. The first kappa shape index (κ1) is 8.61. The zero-order chi connectivity index (χ0) is 8.55. The molecule has 1 aromatic rings. The summed E-state index contributed by atoms with van der Waals surface area (Å²) in [5.41, 5.74) is 4.86. The van der Waals surface area contributed by atoms with Gasteiger partial charge < -0.3 is 0 Å². The SMILES string of the molecule is BCc1c(I)ccc2c1CCC2. The van der Waals surface area contributed by atoms with Crippen molar-refractivity contribution in [1.82, 2.24) is 0 Å². The molecule has 1 aliphatic rings. The van der Waals surface area contributed by atoms with Gasteiger partial charge in [-0.3, -0.25) is 0 Å². The van der Waals surface area contributed by atoms with Gasteiger partial charge in [0.25, 0.3) is 0 Å². The van der Waals surface area contributed by atoms with Crippen molar-refractivity contribution >= 4 is 30.4 Å². The summed E-state index contributed by atoms with van der Waals surface area (Å²) in [6.07, 6.45) is 5.18. The molecule has 0 nitrogen and oxygen atoms in total. The second-order valence-corrected chi connectivity index (χ2v) is 4.53. The molecule has 62 valence electrons. The lowest BCUT2D eigenvalue weighted by Crippen LogP contribution is -1.96. The molecule has 0 N–H and O–H groups in total. The third-order valence-corrected chi connectivity index (χ3v) is 3.71. The van der Waals surface area contributed by atoms with Crippen LogP contribution in [0.4, 0.5) is 0 Å². The molecule has 0 aliphatic heterocycles. The van der Waals surface area contributed by atoms with E-state index in [1.54, 1.807) is 16.7 Å². The quantitative estimate of drug-likeness (QED) is 0.540. The van der Waals surface area contributed by atoms with Crippen molar-refractivity contribution in [2.24, 2.45) is 0 Å². The fourth-order valence-electron chi connectivity index (χ4n) is 2.10. The van der Waals surface area contributed by atoms with E-state index in [4.69, 9.17) is 0 Å². The van der Waals surface area contributed by atoms with E-state index >= 15 is 0 Å². The van der Waals surface area contributed by atoms with E-state index in [-0.39, 0.29) is 0 Å². The first-order chi connectivity index (χ1) is 5.83. The number of rotatable bonds is 1. The van der Waals surface area contributed by atoms with Crippen molar-refractivity contribution in [2.45, 2.75) is 25.6 Å². The van der Waals surface area contributed by atoms with E-state index < -0.39 is 0 Å². The topological polar surface area (TPSA) is 0 Å². The normalized spacial score (nSPS) is 14.8. The van der Waals surface area contributed by atoms with Gasteiger partial charge >= 0.3 is 0 Å². The highest BCUT2D eigenvalue weighted by molar-refractivity contribution is 14.1. The fraction of sp³-hybridized carbons (Fsp3) is 0.400. The molecule has 0 saturated carbocycles. The molecule has 0 amide bonds. The van der Waals surface area contributed by atoms with Gasteiger partial charge in [0.05, 0.1) is 0 Å². The molecule has 12 heavy (non-hydrogen) atoms. The maximum absolute atomic E-state index is 2.45. The van der Waals surface area contributed by atoms with Gasteiger partial charge in [-0.1, -0.05) is 12.4 Å². The van der Waals surface area contributed by atoms with Gasteiger partial charge in [0.2, 0.25) is 0 Å². The highest BCUT2D eigenvalue weighted by Crippen LogP contribution is 2.28. The molecule has 0 saturated heterocycles. The molecule has 2 heteroatoms. The molecule has 0 atom stereocenters. The molecule has 0 spiro atoms. The Labute approximate surface area is 88.3 Å². The summed E-state index contributed by atoms with van der Waals surface area (Å²) in [5, 5.41) is 0. The fourth-order valence-corrected chi connectivity index (χ4v) is 2.98. The first-order valence-corrected chi connectivity index (χ1v) is 5.70. The smallest absolute Gasteiger partial charge is 0.0577 e. The van der Waals surface area contributed by atoms with E-state index in [1.807, 2.05) is 0 Å². The van der Waals surface area contributed by atoms with Crippen LogP contribution in [0.25, 0.3) is 0 Å². The van der Waals surface area contributed by atoms with Gasteiger partial charge in [0, 0.05) is 3.57 Å². The molecule has 1 aromatic carbocycles. The Morgan fingerprint density at radius 3 is 2.92 bits per heavy atom. The predicted octanol–water partition coefficient (Wildman–Crippen LogP) is 1.91. The van der Waals surface area contributed by atoms with Crippen molar-refractivity contribution < 1.29 is 0 Å². The molecule has 0 heterocycles. The lowest BCUT2D eigenvalue weighted by molar-refractivity contribution is 0.908. The Bertz CT molecular complexity index is 307. The predicted molar refractivity (Wildman–Crippen MR) is 63.4 cm³/mol. The summed E-state index contributed by atoms with van der Waals surface area (Å²) < 4.78 is 1.45. The Balaban J connectivity index is 2.57. The third kappa shape index (κ3) is 1.30. The second-order valence-electron chi connectivity index (χ2n) is 3.37. The van der Waals surface area contributed by atoms with Gasteiger partial charge in [-0.05, 0) is 64.6 Å². The Hall–Kier alpha value is 0.0149. The van der Waals surface area contributed by atoms with E-state index in [1.165, 1.54) is 29.2 Å². The van der Waals surface area contributed by atoms with Crippen LogP contribution in [0.5, 0.6) is 0 Å². The van der Waals surface area contributed by atoms with E-state index in [0.717, 1.165) is 0 Å². The molecule has 0 radical (unpaired) electrons. The summed E-state index contributed by atoms with van der Waals surface area (Å²) in [5.74, 6) is 0. The van der Waals surface area contributed by atoms with Crippen LogP contribution in [-0.2, 0) is 19.2 Å². The number of benzene rings is 1. The van der Waals surface area contributed by atoms with Gasteiger partial charge in [-0.2, -0.15) is 0 Å². The van der Waals surface area contributed by atoms with Crippen LogP contribution < -0.4 is 0 Å². The van der Waals surface area contributed by atoms with Gasteiger partial charge in [0.1, 0.15) is 7.85 Å². The van der Waals surface area contributed by atoms with E-state index in [9.17, 15) is 0 Å². The van der Waals surface area contributed by atoms with Crippen LogP contribution in [0.3, 0.4) is 0 Å². The number of hydrogen-bond donors (Lipinski definition) is 0. The Kier molecular flexibility index (Phi) is 2.44. The molecule has 0 bridgehead atoms. The highest BCUT2D eigenvalue weighted by atomic mass is 127. The monoisotopic (exact) mass is 270 g/mol. The average molecular weight is 270 g/mol. The van der Waals surface area contributed by atoms with Crippen molar-refractivity contribution in [3.63, 3.8) is 0 Å². The third-order valence-electron chi connectivity index (χ3n) is 2.70. The highest BCUT2D eigenvalue weighted by Gasteiger charge is 2.15. The molecule has 0 unspecified atom stereocenters. The Morgan fingerprint density at radius 2 is 2.17 bits per heavy atom. The minimum atomic E-state index is 1.20. The van der Waals surface area contributed by atoms with E-state index in [2.05, 4.69) is 42.6 Å². The van der Waals surface area contributed by atoms with Crippen molar-refractivity contribution in [1.29, 1.82) is 0 Å². The number of hydrogen-bond acceptors (Lipinski definition) is 0. The maximum atomic E-state index is 2.45. The van der Waals surface area contributed by atoms with Crippen molar-refractivity contribution in [2.75, 3.05) is 0 Å². The minimum absolute atomic E-state index is 1.20. The first-order valence-electron chi connectivity index (χ1n) is 4.62. The minimum Gasteiger partial charge on any atom is -0.0577 e. The lowest BCUT2D eigenvalue weighted by atomic mass is 9.91. The zero-order valence-corrected chi connectivity index (χ0v) is 9.52. The summed E-state index contributed by atoms with van der Waals surface area (Å²) >= 11 is 2.45. The molecule has 1 aliphatic carbocycles. The Morgan fingerprint density at radius 1 is 1.33 bits per heavy atom. The van der Waals surface area contributed by atoms with Crippen LogP contribution in [0.2, 0.25) is 0 Å². The molecular formula is C10H12BI. The van der Waals surface area contributed by atoms with E-state index in [0.29, 0.717) is 0 Å². The number of aryl methyl sites for hydroxylation is 1.